The van der Waals surface area contributed by atoms with E-state index in [-0.39, 0.29) is 5.92 Å². The van der Waals surface area contributed by atoms with E-state index in [1.807, 2.05) is 48.7 Å². The summed E-state index contributed by atoms with van der Waals surface area (Å²) in [6.07, 6.45) is 5.75. The fourth-order valence-electron chi connectivity index (χ4n) is 4.16. The molecule has 0 spiro atoms. The summed E-state index contributed by atoms with van der Waals surface area (Å²) in [7, 11) is 3.26. The van der Waals surface area contributed by atoms with Crippen LogP contribution in [-0.2, 0) is 0 Å². The van der Waals surface area contributed by atoms with Crippen molar-refractivity contribution in [2.75, 3.05) is 37.5 Å². The zero-order chi connectivity index (χ0) is 21.9. The van der Waals surface area contributed by atoms with E-state index >= 15 is 0 Å². The SMILES string of the molecule is COc1ccc(Nc2cc(N3CCCC(c4nnc5ccccn45)C3)ncn2)c(OC)c1. The molecule has 0 bridgehead atoms. The maximum atomic E-state index is 5.49. The minimum Gasteiger partial charge on any atom is -0.497 e. The van der Waals surface area contributed by atoms with Crippen molar-refractivity contribution in [1.29, 1.82) is 0 Å². The van der Waals surface area contributed by atoms with E-state index in [9.17, 15) is 0 Å². The van der Waals surface area contributed by atoms with Gasteiger partial charge in [0.1, 0.15) is 35.3 Å². The van der Waals surface area contributed by atoms with Crippen LogP contribution in [0.3, 0.4) is 0 Å². The monoisotopic (exact) mass is 431 g/mol. The molecule has 0 amide bonds. The van der Waals surface area contributed by atoms with Crippen LogP contribution in [0.2, 0.25) is 0 Å². The Balaban J connectivity index is 1.36. The third kappa shape index (κ3) is 3.89. The molecule has 0 aliphatic carbocycles. The second-order valence-electron chi connectivity index (χ2n) is 7.72. The van der Waals surface area contributed by atoms with E-state index in [4.69, 9.17) is 9.47 Å². The molecule has 1 unspecified atom stereocenters. The van der Waals surface area contributed by atoms with Gasteiger partial charge in [-0.15, -0.1) is 10.2 Å². The predicted molar refractivity (Wildman–Crippen MR) is 122 cm³/mol. The van der Waals surface area contributed by atoms with Gasteiger partial charge in [-0.05, 0) is 37.1 Å². The number of hydrogen-bond acceptors (Lipinski definition) is 8. The zero-order valence-electron chi connectivity index (χ0n) is 18.1. The van der Waals surface area contributed by atoms with Gasteiger partial charge in [0.15, 0.2) is 5.65 Å². The Morgan fingerprint density at radius 2 is 1.97 bits per heavy atom. The standard InChI is InChI=1S/C23H25N7O2/c1-31-17-8-9-18(19(12-17)32-2)26-20-13-22(25-15-24-20)29-10-5-6-16(14-29)23-28-27-21-7-3-4-11-30(21)23/h3-4,7-9,11-13,15-16H,5-6,10,14H2,1-2H3,(H,24,25,26). The van der Waals surface area contributed by atoms with E-state index < -0.39 is 0 Å². The topological polar surface area (TPSA) is 89.7 Å². The molecule has 1 aromatic carbocycles. The first-order chi connectivity index (χ1) is 15.7. The Morgan fingerprint density at radius 1 is 1.03 bits per heavy atom. The van der Waals surface area contributed by atoms with Crippen LogP contribution in [-0.4, -0.2) is 51.9 Å². The van der Waals surface area contributed by atoms with Gasteiger partial charge in [-0.2, -0.15) is 0 Å². The summed E-state index contributed by atoms with van der Waals surface area (Å²) < 4.78 is 12.8. The van der Waals surface area contributed by atoms with E-state index in [1.165, 1.54) is 0 Å². The number of piperidine rings is 1. The summed E-state index contributed by atoms with van der Waals surface area (Å²) in [5.41, 5.74) is 1.69. The van der Waals surface area contributed by atoms with Crippen molar-refractivity contribution in [2.45, 2.75) is 18.8 Å². The number of ether oxygens (including phenoxy) is 2. The van der Waals surface area contributed by atoms with Crippen molar-refractivity contribution in [3.63, 3.8) is 0 Å². The number of nitrogens with zero attached hydrogens (tertiary/aromatic N) is 6. The molecule has 4 heterocycles. The number of methoxy groups -OCH3 is 2. The number of pyridine rings is 1. The van der Waals surface area contributed by atoms with Gasteiger partial charge >= 0.3 is 0 Å². The normalized spacial score (nSPS) is 16.2. The number of nitrogens with one attached hydrogen (secondary N) is 1. The summed E-state index contributed by atoms with van der Waals surface area (Å²) in [5.74, 6) is 4.29. The molecule has 1 N–H and O–H groups in total. The molecule has 9 nitrogen and oxygen atoms in total. The fraction of sp³-hybridized carbons (Fsp3) is 0.304. The first-order valence-electron chi connectivity index (χ1n) is 10.6. The largest absolute Gasteiger partial charge is 0.497 e. The summed E-state index contributed by atoms with van der Waals surface area (Å²) in [6, 6.07) is 13.6. The third-order valence-electron chi connectivity index (χ3n) is 5.77. The summed E-state index contributed by atoms with van der Waals surface area (Å²) in [4.78, 5) is 11.2. The van der Waals surface area contributed by atoms with Crippen LogP contribution in [0.25, 0.3) is 5.65 Å². The van der Waals surface area contributed by atoms with E-state index in [0.29, 0.717) is 11.6 Å². The lowest BCUT2D eigenvalue weighted by Gasteiger charge is -2.32. The molecule has 164 valence electrons. The lowest BCUT2D eigenvalue weighted by molar-refractivity contribution is 0.395. The van der Waals surface area contributed by atoms with Crippen LogP contribution in [0.5, 0.6) is 11.5 Å². The van der Waals surface area contributed by atoms with Crippen molar-refractivity contribution in [1.82, 2.24) is 24.6 Å². The average Bonchev–Trinajstić information content (AvgIpc) is 3.29. The molecule has 5 rings (SSSR count). The first-order valence-corrected chi connectivity index (χ1v) is 10.6. The first kappa shape index (κ1) is 20.0. The molecule has 32 heavy (non-hydrogen) atoms. The highest BCUT2D eigenvalue weighted by Gasteiger charge is 2.26. The molecule has 1 saturated heterocycles. The molecule has 1 atom stereocenters. The van der Waals surface area contributed by atoms with Gasteiger partial charge in [-0.3, -0.25) is 4.40 Å². The maximum absolute atomic E-state index is 5.49. The predicted octanol–water partition coefficient (Wildman–Crippen LogP) is 3.66. The quantitative estimate of drug-likeness (QED) is 0.495. The lowest BCUT2D eigenvalue weighted by atomic mass is 9.97. The van der Waals surface area contributed by atoms with Gasteiger partial charge in [-0.25, -0.2) is 9.97 Å². The number of benzene rings is 1. The number of anilines is 3. The van der Waals surface area contributed by atoms with E-state index in [2.05, 4.69) is 34.8 Å². The highest BCUT2D eigenvalue weighted by atomic mass is 16.5. The summed E-state index contributed by atoms with van der Waals surface area (Å²) in [6.45, 7) is 1.77. The average molecular weight is 432 g/mol. The molecule has 1 aliphatic heterocycles. The third-order valence-corrected chi connectivity index (χ3v) is 5.77. The van der Waals surface area contributed by atoms with Gasteiger partial charge in [0.2, 0.25) is 0 Å². The van der Waals surface area contributed by atoms with Crippen LogP contribution in [0.15, 0.2) is 55.0 Å². The van der Waals surface area contributed by atoms with Gasteiger partial charge in [0.25, 0.3) is 0 Å². The smallest absolute Gasteiger partial charge is 0.160 e. The molecule has 1 fully saturated rings. The maximum Gasteiger partial charge on any atom is 0.160 e. The molecule has 9 heteroatoms. The Morgan fingerprint density at radius 3 is 2.84 bits per heavy atom. The minimum atomic E-state index is 0.286. The van der Waals surface area contributed by atoms with Crippen LogP contribution >= 0.6 is 0 Å². The lowest BCUT2D eigenvalue weighted by Crippen LogP contribution is -2.35. The summed E-state index contributed by atoms with van der Waals surface area (Å²) >= 11 is 0. The van der Waals surface area contributed by atoms with Crippen molar-refractivity contribution < 1.29 is 9.47 Å². The molecule has 3 aromatic heterocycles. The van der Waals surface area contributed by atoms with Gasteiger partial charge in [-0.1, -0.05) is 6.07 Å². The molecule has 4 aromatic rings. The van der Waals surface area contributed by atoms with Crippen molar-refractivity contribution in [3.05, 3.63) is 60.8 Å². The van der Waals surface area contributed by atoms with E-state index in [0.717, 1.165) is 54.7 Å². The van der Waals surface area contributed by atoms with E-state index in [1.54, 1.807) is 20.5 Å². The number of rotatable bonds is 6. The molecular weight excluding hydrogens is 406 g/mol. The Labute approximate surface area is 186 Å². The fourth-order valence-corrected chi connectivity index (χ4v) is 4.16. The van der Waals surface area contributed by atoms with Gasteiger partial charge < -0.3 is 19.7 Å². The van der Waals surface area contributed by atoms with Crippen molar-refractivity contribution in [2.24, 2.45) is 0 Å². The Hall–Kier alpha value is -3.88. The van der Waals surface area contributed by atoms with Crippen LogP contribution in [0.1, 0.15) is 24.6 Å². The van der Waals surface area contributed by atoms with Crippen molar-refractivity contribution >= 4 is 23.0 Å². The number of hydrogen-bond donors (Lipinski definition) is 1. The van der Waals surface area contributed by atoms with Gasteiger partial charge in [0.05, 0.1) is 19.9 Å². The second kappa shape index (κ2) is 8.70. The minimum absolute atomic E-state index is 0.286. The van der Waals surface area contributed by atoms with Crippen molar-refractivity contribution in [3.8, 4) is 11.5 Å². The summed E-state index contributed by atoms with van der Waals surface area (Å²) in [5, 5.41) is 12.1. The highest BCUT2D eigenvalue weighted by molar-refractivity contribution is 5.67. The number of fused-ring (bicyclic) bond motifs is 1. The molecule has 1 aliphatic rings. The van der Waals surface area contributed by atoms with Gasteiger partial charge in [0, 0.05) is 37.3 Å². The Bertz CT molecular complexity index is 1230. The second-order valence-corrected chi connectivity index (χ2v) is 7.72. The number of aromatic nitrogens is 5. The van der Waals surface area contributed by atoms with Crippen LogP contribution in [0.4, 0.5) is 17.3 Å². The molecular formula is C23H25N7O2. The molecule has 0 saturated carbocycles. The highest BCUT2D eigenvalue weighted by Crippen LogP contribution is 2.33. The Kier molecular flexibility index (Phi) is 5.45. The van der Waals surface area contributed by atoms with Crippen LogP contribution < -0.4 is 19.7 Å². The van der Waals surface area contributed by atoms with Crippen LogP contribution in [0, 0.1) is 0 Å². The molecule has 0 radical (unpaired) electrons. The zero-order valence-corrected chi connectivity index (χ0v) is 18.1.